The summed E-state index contributed by atoms with van der Waals surface area (Å²) in [5, 5.41) is 2.28. The van der Waals surface area contributed by atoms with Gasteiger partial charge in [0.1, 0.15) is 5.57 Å². The molecule has 0 spiro atoms. The van der Waals surface area contributed by atoms with E-state index < -0.39 is 17.8 Å². The Kier molecular flexibility index (Phi) is 5.37. The first kappa shape index (κ1) is 20.8. The fraction of sp³-hybridized carbons (Fsp3) is 0.125. The van der Waals surface area contributed by atoms with Crippen molar-refractivity contribution in [3.05, 3.63) is 87.2 Å². The number of urea groups is 1. The molecule has 1 aliphatic heterocycles. The van der Waals surface area contributed by atoms with E-state index in [1.807, 2.05) is 67.8 Å². The average Bonchev–Trinajstić information content (AvgIpc) is 3.00. The summed E-state index contributed by atoms with van der Waals surface area (Å²) in [7, 11) is 0. The van der Waals surface area contributed by atoms with Gasteiger partial charge in [-0.3, -0.25) is 14.9 Å². The molecule has 1 fully saturated rings. The third kappa shape index (κ3) is 3.72. The molecule has 2 heterocycles. The molecule has 1 N–H and O–H groups in total. The van der Waals surface area contributed by atoms with E-state index in [4.69, 9.17) is 0 Å². The van der Waals surface area contributed by atoms with Crippen molar-refractivity contribution in [2.24, 2.45) is 0 Å². The van der Waals surface area contributed by atoms with Gasteiger partial charge >= 0.3 is 6.03 Å². The fourth-order valence-corrected chi connectivity index (χ4v) is 4.03. The Morgan fingerprint density at radius 1 is 0.935 bits per heavy atom. The van der Waals surface area contributed by atoms with Gasteiger partial charge in [0.15, 0.2) is 0 Å². The molecule has 1 aliphatic rings. The third-order valence-electron chi connectivity index (χ3n) is 5.31. The van der Waals surface area contributed by atoms with E-state index in [9.17, 15) is 14.4 Å². The second-order valence-corrected chi connectivity index (χ2v) is 8.30. The van der Waals surface area contributed by atoms with Gasteiger partial charge in [0.05, 0.1) is 5.69 Å². The maximum absolute atomic E-state index is 13.2. The zero-order valence-electron chi connectivity index (χ0n) is 17.3. The second kappa shape index (κ2) is 8.00. The van der Waals surface area contributed by atoms with Crippen molar-refractivity contribution >= 4 is 45.5 Å². The van der Waals surface area contributed by atoms with Crippen LogP contribution in [0.4, 0.5) is 10.5 Å². The highest BCUT2D eigenvalue weighted by molar-refractivity contribution is 9.10. The monoisotopic (exact) mass is 477 g/mol. The lowest BCUT2D eigenvalue weighted by Crippen LogP contribution is -2.54. The van der Waals surface area contributed by atoms with Crippen molar-refractivity contribution in [2.75, 3.05) is 4.90 Å². The number of anilines is 1. The summed E-state index contributed by atoms with van der Waals surface area (Å²) in [6.45, 7) is 5.70. The number of carbonyl (C=O) groups is 3. The number of carbonyl (C=O) groups excluding carboxylic acids is 3. The molecule has 0 aliphatic carbocycles. The van der Waals surface area contributed by atoms with Crippen LogP contribution in [0.3, 0.4) is 0 Å². The number of aryl methyl sites for hydroxylation is 2. The quantitative estimate of drug-likeness (QED) is 0.433. The van der Waals surface area contributed by atoms with Crippen molar-refractivity contribution < 1.29 is 14.4 Å². The molecule has 0 radical (unpaired) electrons. The normalized spacial score (nSPS) is 15.5. The summed E-state index contributed by atoms with van der Waals surface area (Å²) in [5.41, 5.74) is 4.67. The number of amides is 4. The highest BCUT2D eigenvalue weighted by Crippen LogP contribution is 2.27. The number of aromatic nitrogens is 1. The molecule has 2 aromatic carbocycles. The predicted octanol–water partition coefficient (Wildman–Crippen LogP) is 4.83. The zero-order valence-corrected chi connectivity index (χ0v) is 18.9. The standard InChI is InChI=1S/C24H20BrN3O3/c1-14-6-4-5-7-21(14)28-23(30)20(22(29)26-24(28)31)13-17-12-15(2)27(16(17)3)19-10-8-18(25)9-11-19/h4-13H,1-3H3,(H,26,29,31)/b20-13-. The number of halogens is 1. The Balaban J connectivity index is 1.77. The molecule has 1 aromatic heterocycles. The number of nitrogens with one attached hydrogen (secondary N) is 1. The summed E-state index contributed by atoms with van der Waals surface area (Å²) < 4.78 is 3.03. The molecule has 6 nitrogen and oxygen atoms in total. The van der Waals surface area contributed by atoms with Crippen LogP contribution in [0.15, 0.2) is 64.6 Å². The molecule has 0 unspecified atom stereocenters. The number of rotatable bonds is 3. The van der Waals surface area contributed by atoms with E-state index in [1.165, 1.54) is 0 Å². The molecule has 0 bridgehead atoms. The largest absolute Gasteiger partial charge is 0.335 e. The first-order valence-corrected chi connectivity index (χ1v) is 10.5. The summed E-state index contributed by atoms with van der Waals surface area (Å²) in [5.74, 6) is -1.34. The second-order valence-electron chi connectivity index (χ2n) is 7.38. The fourth-order valence-electron chi connectivity index (χ4n) is 3.77. The van der Waals surface area contributed by atoms with Crippen LogP contribution in [0.1, 0.15) is 22.5 Å². The van der Waals surface area contributed by atoms with Gasteiger partial charge in [0.2, 0.25) is 0 Å². The first-order valence-electron chi connectivity index (χ1n) is 9.70. The molecule has 7 heteroatoms. The Bertz CT molecular complexity index is 1260. The van der Waals surface area contributed by atoms with Gasteiger partial charge in [-0.2, -0.15) is 0 Å². The van der Waals surface area contributed by atoms with Gasteiger partial charge in [-0.15, -0.1) is 0 Å². The van der Waals surface area contributed by atoms with Gasteiger partial charge < -0.3 is 4.57 Å². The van der Waals surface area contributed by atoms with Crippen LogP contribution >= 0.6 is 15.9 Å². The van der Waals surface area contributed by atoms with Gasteiger partial charge in [-0.05, 0) is 74.4 Å². The predicted molar refractivity (Wildman–Crippen MR) is 123 cm³/mol. The number of benzene rings is 2. The Labute approximate surface area is 188 Å². The van der Waals surface area contributed by atoms with Crippen molar-refractivity contribution in [2.45, 2.75) is 20.8 Å². The SMILES string of the molecule is Cc1ccccc1N1C(=O)NC(=O)/C(=C/c2cc(C)n(-c3ccc(Br)cc3)c2C)C1=O. The molecule has 0 saturated carbocycles. The summed E-state index contributed by atoms with van der Waals surface area (Å²) in [6.07, 6.45) is 1.55. The zero-order chi connectivity index (χ0) is 22.3. The molecule has 4 rings (SSSR count). The van der Waals surface area contributed by atoms with E-state index in [1.54, 1.807) is 18.2 Å². The van der Waals surface area contributed by atoms with Crippen LogP contribution in [-0.4, -0.2) is 22.4 Å². The minimum absolute atomic E-state index is 0.0843. The van der Waals surface area contributed by atoms with Crippen molar-refractivity contribution in [3.63, 3.8) is 0 Å². The molecule has 4 amide bonds. The van der Waals surface area contributed by atoms with E-state index >= 15 is 0 Å². The van der Waals surface area contributed by atoms with Crippen LogP contribution in [0.25, 0.3) is 11.8 Å². The van der Waals surface area contributed by atoms with Crippen molar-refractivity contribution in [1.29, 1.82) is 0 Å². The molecule has 3 aromatic rings. The Hall–Kier alpha value is -3.45. The highest BCUT2D eigenvalue weighted by atomic mass is 79.9. The molecule has 1 saturated heterocycles. The van der Waals surface area contributed by atoms with Crippen LogP contribution in [0, 0.1) is 20.8 Å². The molecule has 31 heavy (non-hydrogen) atoms. The van der Waals surface area contributed by atoms with E-state index in [0.29, 0.717) is 5.69 Å². The first-order chi connectivity index (χ1) is 14.8. The van der Waals surface area contributed by atoms with Crippen LogP contribution in [0.2, 0.25) is 0 Å². The van der Waals surface area contributed by atoms with Crippen molar-refractivity contribution in [3.8, 4) is 5.69 Å². The lowest BCUT2D eigenvalue weighted by atomic mass is 10.1. The summed E-state index contributed by atoms with van der Waals surface area (Å²) in [4.78, 5) is 39.2. The number of nitrogens with zero attached hydrogens (tertiary/aromatic N) is 2. The number of hydrogen-bond donors (Lipinski definition) is 1. The third-order valence-corrected chi connectivity index (χ3v) is 5.84. The van der Waals surface area contributed by atoms with Gasteiger partial charge in [-0.25, -0.2) is 9.69 Å². The molecule has 0 atom stereocenters. The maximum Gasteiger partial charge on any atom is 0.335 e. The summed E-state index contributed by atoms with van der Waals surface area (Å²) >= 11 is 3.44. The van der Waals surface area contributed by atoms with E-state index in [2.05, 4.69) is 21.2 Å². The van der Waals surface area contributed by atoms with Crippen LogP contribution < -0.4 is 10.2 Å². The van der Waals surface area contributed by atoms with Gasteiger partial charge in [-0.1, -0.05) is 34.1 Å². The summed E-state index contributed by atoms with van der Waals surface area (Å²) in [6, 6.07) is 16.1. The lowest BCUT2D eigenvalue weighted by Gasteiger charge is -2.27. The Morgan fingerprint density at radius 2 is 1.61 bits per heavy atom. The van der Waals surface area contributed by atoms with E-state index in [-0.39, 0.29) is 5.57 Å². The van der Waals surface area contributed by atoms with E-state index in [0.717, 1.165) is 37.6 Å². The molecular weight excluding hydrogens is 458 g/mol. The minimum atomic E-state index is -0.748. The van der Waals surface area contributed by atoms with Crippen LogP contribution in [-0.2, 0) is 9.59 Å². The molecule has 156 valence electrons. The number of hydrogen-bond acceptors (Lipinski definition) is 3. The number of para-hydroxylation sites is 1. The van der Waals surface area contributed by atoms with Gasteiger partial charge in [0, 0.05) is 21.5 Å². The Morgan fingerprint density at radius 3 is 2.29 bits per heavy atom. The van der Waals surface area contributed by atoms with Crippen molar-refractivity contribution in [1.82, 2.24) is 9.88 Å². The lowest BCUT2D eigenvalue weighted by molar-refractivity contribution is -0.122. The smallest absolute Gasteiger partial charge is 0.318 e. The van der Waals surface area contributed by atoms with Gasteiger partial charge in [0.25, 0.3) is 11.8 Å². The number of barbiturate groups is 1. The topological polar surface area (TPSA) is 71.4 Å². The van der Waals surface area contributed by atoms with Crippen LogP contribution in [0.5, 0.6) is 0 Å². The maximum atomic E-state index is 13.2. The highest BCUT2D eigenvalue weighted by Gasteiger charge is 2.37. The average molecular weight is 478 g/mol. The molecular formula is C24H20BrN3O3. The minimum Gasteiger partial charge on any atom is -0.318 e. The number of imide groups is 2.